The number of nitrogens with one attached hydrogen (secondary N) is 1. The van der Waals surface area contributed by atoms with Crippen LogP contribution in [0.3, 0.4) is 0 Å². The quantitative estimate of drug-likeness (QED) is 0.641. The molecule has 0 unspecified atom stereocenters. The summed E-state index contributed by atoms with van der Waals surface area (Å²) in [6, 6.07) is 8.57. The number of benzene rings is 1. The molecule has 0 fully saturated rings. The van der Waals surface area contributed by atoms with Gasteiger partial charge in [0, 0.05) is 18.5 Å². The maximum Gasteiger partial charge on any atom is 0.336 e. The number of ether oxygens (including phenoxy) is 1. The molecule has 6 heteroatoms. The first-order valence-electron chi connectivity index (χ1n) is 6.78. The number of hydrogen-bond acceptors (Lipinski definition) is 5. The second kappa shape index (κ2) is 7.56. The third-order valence-electron chi connectivity index (χ3n) is 2.97. The average Bonchev–Trinajstić information content (AvgIpc) is 2.49. The highest BCUT2D eigenvalue weighted by atomic mass is 16.5. The SMILES string of the molecule is O=C(O)c1cccc2nc(NCCCOCCO)ccc12. The van der Waals surface area contributed by atoms with Gasteiger partial charge in [-0.15, -0.1) is 0 Å². The number of aliphatic hydroxyl groups is 1. The molecule has 21 heavy (non-hydrogen) atoms. The Hall–Kier alpha value is -2.18. The van der Waals surface area contributed by atoms with E-state index in [2.05, 4.69) is 10.3 Å². The Labute approximate surface area is 122 Å². The normalized spacial score (nSPS) is 10.7. The fourth-order valence-electron chi connectivity index (χ4n) is 2.00. The van der Waals surface area contributed by atoms with Crippen LogP contribution in [0.15, 0.2) is 30.3 Å². The molecular formula is C15H18N2O4. The summed E-state index contributed by atoms with van der Waals surface area (Å²) in [5, 5.41) is 21.5. The summed E-state index contributed by atoms with van der Waals surface area (Å²) in [7, 11) is 0. The predicted molar refractivity (Wildman–Crippen MR) is 79.7 cm³/mol. The molecule has 0 spiro atoms. The summed E-state index contributed by atoms with van der Waals surface area (Å²) in [6.45, 7) is 1.66. The first-order chi connectivity index (χ1) is 10.2. The lowest BCUT2D eigenvalue weighted by atomic mass is 10.1. The molecule has 0 amide bonds. The van der Waals surface area contributed by atoms with E-state index in [0.29, 0.717) is 36.5 Å². The topological polar surface area (TPSA) is 91.7 Å². The molecule has 2 aromatic rings. The second-order valence-electron chi connectivity index (χ2n) is 4.49. The molecule has 112 valence electrons. The van der Waals surface area contributed by atoms with E-state index < -0.39 is 5.97 Å². The monoisotopic (exact) mass is 290 g/mol. The summed E-state index contributed by atoms with van der Waals surface area (Å²) in [5.41, 5.74) is 0.903. The molecule has 2 rings (SSSR count). The van der Waals surface area contributed by atoms with E-state index in [1.807, 2.05) is 0 Å². The van der Waals surface area contributed by atoms with Crippen LogP contribution in [0.5, 0.6) is 0 Å². The first kappa shape index (κ1) is 15.2. The molecule has 0 radical (unpaired) electrons. The maximum absolute atomic E-state index is 11.1. The van der Waals surface area contributed by atoms with Crippen molar-refractivity contribution in [3.8, 4) is 0 Å². The van der Waals surface area contributed by atoms with Crippen molar-refractivity contribution in [1.82, 2.24) is 4.98 Å². The van der Waals surface area contributed by atoms with Crippen LogP contribution >= 0.6 is 0 Å². The fourth-order valence-corrected chi connectivity index (χ4v) is 2.00. The van der Waals surface area contributed by atoms with Gasteiger partial charge in [0.1, 0.15) is 5.82 Å². The molecule has 0 saturated carbocycles. The van der Waals surface area contributed by atoms with Crippen LogP contribution in [0.4, 0.5) is 5.82 Å². The molecule has 1 aromatic heterocycles. The lowest BCUT2D eigenvalue weighted by Gasteiger charge is -2.08. The number of nitrogens with zero attached hydrogens (tertiary/aromatic N) is 1. The number of carbonyl (C=O) groups is 1. The molecule has 0 aliphatic carbocycles. The van der Waals surface area contributed by atoms with Crippen LogP contribution in [-0.4, -0.2) is 47.5 Å². The van der Waals surface area contributed by atoms with Gasteiger partial charge < -0.3 is 20.3 Å². The number of anilines is 1. The number of fused-ring (bicyclic) bond motifs is 1. The Morgan fingerprint density at radius 3 is 2.86 bits per heavy atom. The van der Waals surface area contributed by atoms with Crippen molar-refractivity contribution in [2.24, 2.45) is 0 Å². The molecule has 6 nitrogen and oxygen atoms in total. The van der Waals surface area contributed by atoms with Gasteiger partial charge in [-0.3, -0.25) is 0 Å². The standard InChI is InChI=1S/C15H18N2O4/c18-8-10-21-9-2-7-16-14-6-5-11-12(15(19)20)3-1-4-13(11)17-14/h1,3-6,18H,2,7-10H2,(H,16,17)(H,19,20). The lowest BCUT2D eigenvalue weighted by molar-refractivity contribution is 0.0699. The molecule has 0 aliphatic heterocycles. The highest BCUT2D eigenvalue weighted by molar-refractivity contribution is 6.02. The van der Waals surface area contributed by atoms with Crippen molar-refractivity contribution in [2.75, 3.05) is 31.7 Å². The minimum absolute atomic E-state index is 0.0333. The van der Waals surface area contributed by atoms with Crippen LogP contribution in [0.2, 0.25) is 0 Å². The van der Waals surface area contributed by atoms with Crippen molar-refractivity contribution in [3.63, 3.8) is 0 Å². The van der Waals surface area contributed by atoms with Gasteiger partial charge in [-0.25, -0.2) is 9.78 Å². The number of hydrogen-bond donors (Lipinski definition) is 3. The molecule has 0 aliphatic rings. The fraction of sp³-hybridized carbons (Fsp3) is 0.333. The van der Waals surface area contributed by atoms with Crippen molar-refractivity contribution >= 4 is 22.7 Å². The molecule has 0 atom stereocenters. The smallest absolute Gasteiger partial charge is 0.336 e. The van der Waals surface area contributed by atoms with Gasteiger partial charge in [-0.05, 0) is 30.7 Å². The molecule has 0 bridgehead atoms. The average molecular weight is 290 g/mol. The summed E-state index contributed by atoms with van der Waals surface area (Å²) in [6.07, 6.45) is 0.800. The predicted octanol–water partition coefficient (Wildman–Crippen LogP) is 1.74. The zero-order valence-corrected chi connectivity index (χ0v) is 11.6. The summed E-state index contributed by atoms with van der Waals surface area (Å²) < 4.78 is 5.16. The molecule has 1 heterocycles. The minimum atomic E-state index is -0.954. The van der Waals surface area contributed by atoms with Gasteiger partial charge >= 0.3 is 5.97 Å². The van der Waals surface area contributed by atoms with E-state index in [9.17, 15) is 4.79 Å². The largest absolute Gasteiger partial charge is 0.478 e. The van der Waals surface area contributed by atoms with Crippen LogP contribution < -0.4 is 5.32 Å². The number of aliphatic hydroxyl groups excluding tert-OH is 1. The van der Waals surface area contributed by atoms with Gasteiger partial charge in [0.2, 0.25) is 0 Å². The maximum atomic E-state index is 11.1. The summed E-state index contributed by atoms with van der Waals surface area (Å²) in [5.74, 6) is -0.253. The van der Waals surface area contributed by atoms with Gasteiger partial charge in [0.15, 0.2) is 0 Å². The van der Waals surface area contributed by atoms with E-state index in [1.165, 1.54) is 0 Å². The van der Waals surface area contributed by atoms with Crippen LogP contribution in [-0.2, 0) is 4.74 Å². The number of carboxylic acids is 1. The molecular weight excluding hydrogens is 272 g/mol. The van der Waals surface area contributed by atoms with Crippen molar-refractivity contribution < 1.29 is 19.7 Å². The van der Waals surface area contributed by atoms with E-state index in [4.69, 9.17) is 14.9 Å². The highest BCUT2D eigenvalue weighted by Gasteiger charge is 2.08. The number of aromatic nitrogens is 1. The second-order valence-corrected chi connectivity index (χ2v) is 4.49. The van der Waals surface area contributed by atoms with Crippen molar-refractivity contribution in [2.45, 2.75) is 6.42 Å². The van der Waals surface area contributed by atoms with Crippen LogP contribution in [0.1, 0.15) is 16.8 Å². The Morgan fingerprint density at radius 1 is 1.24 bits per heavy atom. The van der Waals surface area contributed by atoms with Crippen LogP contribution in [0.25, 0.3) is 10.9 Å². The number of pyridine rings is 1. The van der Waals surface area contributed by atoms with Gasteiger partial charge in [-0.1, -0.05) is 6.07 Å². The summed E-state index contributed by atoms with van der Waals surface area (Å²) >= 11 is 0. The Morgan fingerprint density at radius 2 is 2.10 bits per heavy atom. The molecule has 1 aromatic carbocycles. The van der Waals surface area contributed by atoms with Crippen molar-refractivity contribution in [1.29, 1.82) is 0 Å². The lowest BCUT2D eigenvalue weighted by Crippen LogP contribution is -2.08. The third kappa shape index (κ3) is 4.14. The zero-order valence-electron chi connectivity index (χ0n) is 11.6. The summed E-state index contributed by atoms with van der Waals surface area (Å²) in [4.78, 5) is 15.5. The first-order valence-corrected chi connectivity index (χ1v) is 6.78. The molecule has 3 N–H and O–H groups in total. The Kier molecular flexibility index (Phi) is 5.48. The van der Waals surface area contributed by atoms with E-state index in [1.54, 1.807) is 30.3 Å². The number of carboxylic acid groups (broad SMARTS) is 1. The van der Waals surface area contributed by atoms with E-state index >= 15 is 0 Å². The minimum Gasteiger partial charge on any atom is -0.478 e. The third-order valence-corrected chi connectivity index (χ3v) is 2.97. The van der Waals surface area contributed by atoms with Gasteiger partial charge in [0.25, 0.3) is 0 Å². The van der Waals surface area contributed by atoms with Crippen LogP contribution in [0, 0.1) is 0 Å². The number of aromatic carboxylic acids is 1. The van der Waals surface area contributed by atoms with E-state index in [-0.39, 0.29) is 12.2 Å². The molecule has 0 saturated heterocycles. The van der Waals surface area contributed by atoms with E-state index in [0.717, 1.165) is 6.42 Å². The van der Waals surface area contributed by atoms with Gasteiger partial charge in [-0.2, -0.15) is 0 Å². The highest BCUT2D eigenvalue weighted by Crippen LogP contribution is 2.19. The zero-order chi connectivity index (χ0) is 15.1. The Balaban J connectivity index is 1.98. The van der Waals surface area contributed by atoms with Gasteiger partial charge in [0.05, 0.1) is 24.3 Å². The van der Waals surface area contributed by atoms with Crippen molar-refractivity contribution in [3.05, 3.63) is 35.9 Å². The Bertz CT molecular complexity index is 616. The number of rotatable bonds is 8.